The summed E-state index contributed by atoms with van der Waals surface area (Å²) in [7, 11) is -4.29. The maximum absolute atomic E-state index is 13.3. The van der Waals surface area contributed by atoms with Gasteiger partial charge in [0.25, 0.3) is 0 Å². The van der Waals surface area contributed by atoms with Crippen LogP contribution >= 0.6 is 30.2 Å². The highest BCUT2D eigenvalue weighted by atomic mass is 127. The topological polar surface area (TPSA) is 80.3 Å². The Balaban J connectivity index is 6.82. The maximum atomic E-state index is 13.3. The minimum Gasteiger partial charge on any atom is -0.461 e. The van der Waals surface area contributed by atoms with E-state index in [9.17, 15) is 9.36 Å². The van der Waals surface area contributed by atoms with Crippen LogP contribution in [0, 0.1) is 17.8 Å². The molecule has 0 aromatic rings. The molecule has 0 unspecified atom stereocenters. The monoisotopic (exact) mass is 726 g/mol. The Morgan fingerprint density at radius 2 is 1.46 bits per heavy atom. The Bertz CT molecular complexity index is 935. The third-order valence-corrected chi connectivity index (χ3v) is 16.7. The van der Waals surface area contributed by atoms with Gasteiger partial charge in [-0.1, -0.05) is 77.0 Å². The molecule has 0 radical (unpaired) electrons. The van der Waals surface area contributed by atoms with Gasteiger partial charge in [0.05, 0.1) is 25.4 Å². The van der Waals surface area contributed by atoms with Gasteiger partial charge in [0.2, 0.25) is 8.32 Å². The zero-order chi connectivity index (χ0) is 32.0. The molecule has 7 nitrogen and oxygen atoms in total. The van der Waals surface area contributed by atoms with Crippen LogP contribution in [0.4, 0.5) is 0 Å². The predicted octanol–water partition coefficient (Wildman–Crippen LogP) is 9.07. The van der Waals surface area contributed by atoms with Gasteiger partial charge in [0, 0.05) is 19.4 Å². The van der Waals surface area contributed by atoms with Crippen molar-refractivity contribution < 1.29 is 32.3 Å². The van der Waals surface area contributed by atoms with Crippen LogP contribution in [-0.4, -0.2) is 59.1 Å². The van der Waals surface area contributed by atoms with Gasteiger partial charge in [-0.05, 0) is 72.5 Å². The van der Waals surface area contributed by atoms with Crippen LogP contribution in [0.1, 0.15) is 89.5 Å². The van der Waals surface area contributed by atoms with E-state index in [0.29, 0.717) is 23.0 Å². The Morgan fingerprint density at radius 3 is 1.85 bits per heavy atom. The van der Waals surface area contributed by atoms with E-state index in [1.54, 1.807) is 27.9 Å². The first-order chi connectivity index (χ1) is 19.1. The molecule has 4 atom stereocenters. The molecule has 0 aliphatic heterocycles. The van der Waals surface area contributed by atoms with Gasteiger partial charge < -0.3 is 22.9 Å². The van der Waals surface area contributed by atoms with Gasteiger partial charge in [-0.2, -0.15) is 0 Å². The molecule has 0 spiro atoms. The number of allylic oxidation sites excluding steroid dienone is 1. The molecule has 0 saturated carbocycles. The molecule has 0 aliphatic rings. The molecule has 0 rings (SSSR count). The van der Waals surface area contributed by atoms with Crippen LogP contribution in [0.5, 0.6) is 0 Å². The highest BCUT2D eigenvalue weighted by molar-refractivity contribution is 14.1. The first-order valence-electron chi connectivity index (χ1n) is 14.7. The molecule has 0 aromatic carbocycles. The second kappa shape index (κ2) is 19.7. The number of esters is 1. The summed E-state index contributed by atoms with van der Waals surface area (Å²) in [4.78, 5) is 13.3. The lowest BCUT2D eigenvalue weighted by Gasteiger charge is -2.45. The van der Waals surface area contributed by atoms with E-state index < -0.39 is 34.1 Å². The first-order valence-corrected chi connectivity index (χ1v) is 19.9. The van der Waals surface area contributed by atoms with Crippen LogP contribution < -0.4 is 0 Å². The third kappa shape index (κ3) is 12.2. The van der Waals surface area contributed by atoms with Crippen molar-refractivity contribution in [3.63, 3.8) is 0 Å². The quantitative estimate of drug-likeness (QED) is 0.0432. The smallest absolute Gasteiger partial charge is 0.341 e. The molecule has 0 amide bonds. The zero-order valence-electron chi connectivity index (χ0n) is 27.7. The molecule has 0 bridgehead atoms. The lowest BCUT2D eigenvalue weighted by atomic mass is 9.89. The van der Waals surface area contributed by atoms with E-state index >= 15 is 0 Å². The lowest BCUT2D eigenvalue weighted by molar-refractivity contribution is -0.152. The second-order valence-electron chi connectivity index (χ2n) is 11.4. The molecule has 0 fully saturated rings. The highest BCUT2D eigenvalue weighted by Crippen LogP contribution is 2.48. The fourth-order valence-electron chi connectivity index (χ4n) is 5.80. The molecule has 41 heavy (non-hydrogen) atoms. The number of carbonyl (C=O) groups is 1. The molecular weight excluding hydrogens is 670 g/mol. The number of carbonyl (C=O) groups excluding carboxylic acids is 1. The van der Waals surface area contributed by atoms with Crippen LogP contribution in [0.15, 0.2) is 21.3 Å². The fourth-order valence-corrected chi connectivity index (χ4v) is 13.2. The number of halogens is 1. The van der Waals surface area contributed by atoms with E-state index in [1.807, 2.05) is 30.9 Å². The van der Waals surface area contributed by atoms with Crippen molar-refractivity contribution in [1.29, 1.82) is 0 Å². The van der Waals surface area contributed by atoms with Gasteiger partial charge in [0.15, 0.2) is 0 Å². The fraction of sp³-hybridized carbons (Fsp3) is 0.774. The normalized spacial score (nSPS) is 16.4. The number of ether oxygens (including phenoxy) is 2. The maximum Gasteiger partial charge on any atom is 0.341 e. The molecule has 0 aromatic heterocycles. The van der Waals surface area contributed by atoms with Gasteiger partial charge in [0.1, 0.15) is 12.3 Å². The Labute approximate surface area is 265 Å². The van der Waals surface area contributed by atoms with Crippen molar-refractivity contribution in [3.05, 3.63) is 21.3 Å². The molecule has 0 aliphatic carbocycles. The zero-order valence-corrected chi connectivity index (χ0v) is 31.8. The Hall–Kier alpha value is -0.473. The summed E-state index contributed by atoms with van der Waals surface area (Å²) in [5.74, 6) is 5.17. The molecule has 0 N–H and O–H groups in total. The van der Waals surface area contributed by atoms with E-state index in [4.69, 9.17) is 22.9 Å². The summed E-state index contributed by atoms with van der Waals surface area (Å²) in [5, 5.41) is 0. The molecule has 0 heterocycles. The summed E-state index contributed by atoms with van der Waals surface area (Å²) in [6.45, 7) is 25.1. The second-order valence-corrected chi connectivity index (χ2v) is 19.5. The van der Waals surface area contributed by atoms with Crippen molar-refractivity contribution in [2.45, 2.75) is 124 Å². The van der Waals surface area contributed by atoms with Gasteiger partial charge in [-0.15, -0.1) is 5.92 Å². The minimum atomic E-state index is -3.63. The minimum absolute atomic E-state index is 0.167. The molecule has 10 heteroatoms. The standard InChI is InChI=1S/C31H56IO7PSi/c1-14-17-18-25(10)28(39-41(22(4)5,23(6)7)24(8)9)19-29(27(12)31(35-13)26(11)20-32)38-30(33)21-40(34,36-15-2)37-16-3/h18,20,22-24,27-29,31H,15-16,19,21H2,1-13H3/b25-18+,26-20+/t27-,28-,29-,31-/m0/s1. The summed E-state index contributed by atoms with van der Waals surface area (Å²) in [6.07, 6.45) is 0.623. The van der Waals surface area contributed by atoms with Crippen LogP contribution in [0.2, 0.25) is 16.6 Å². The summed E-state index contributed by atoms with van der Waals surface area (Å²) < 4.78 is 45.2. The van der Waals surface area contributed by atoms with Gasteiger partial charge >= 0.3 is 13.6 Å². The van der Waals surface area contributed by atoms with Crippen LogP contribution in [-0.2, 0) is 32.3 Å². The highest BCUT2D eigenvalue weighted by Gasteiger charge is 2.47. The van der Waals surface area contributed by atoms with Crippen molar-refractivity contribution in [3.8, 4) is 11.8 Å². The van der Waals surface area contributed by atoms with E-state index in [1.165, 1.54) is 0 Å². The van der Waals surface area contributed by atoms with E-state index in [-0.39, 0.29) is 31.3 Å². The largest absolute Gasteiger partial charge is 0.461 e. The van der Waals surface area contributed by atoms with Crippen LogP contribution in [0.25, 0.3) is 0 Å². The van der Waals surface area contributed by atoms with Crippen molar-refractivity contribution >= 4 is 44.5 Å². The Morgan fingerprint density at radius 1 is 0.951 bits per heavy atom. The SMILES string of the molecule is CC#C/C=C(\C)[C@H](C[C@H](OC(=O)CP(=O)(OCC)OCC)[C@H](C)[C@@H](OC)/C(C)=C/I)O[Si](C(C)C)(C(C)C)C(C)C. The van der Waals surface area contributed by atoms with Crippen molar-refractivity contribution in [1.82, 2.24) is 0 Å². The summed E-state index contributed by atoms with van der Waals surface area (Å²) in [6, 6.07) is 0. The lowest BCUT2D eigenvalue weighted by Crippen LogP contribution is -2.51. The van der Waals surface area contributed by atoms with E-state index in [0.717, 1.165) is 11.1 Å². The van der Waals surface area contributed by atoms with E-state index in [2.05, 4.69) is 76.0 Å². The molecular formula is C31H56IO7PSi. The number of hydrogen-bond donors (Lipinski definition) is 0. The van der Waals surface area contributed by atoms with Crippen LogP contribution in [0.3, 0.4) is 0 Å². The number of hydrogen-bond acceptors (Lipinski definition) is 7. The molecule has 238 valence electrons. The first kappa shape index (κ1) is 40.5. The summed E-state index contributed by atoms with van der Waals surface area (Å²) in [5.41, 5.74) is 3.11. The number of methoxy groups -OCH3 is 1. The third-order valence-electron chi connectivity index (χ3n) is 7.65. The summed E-state index contributed by atoms with van der Waals surface area (Å²) >= 11 is 2.20. The van der Waals surface area contributed by atoms with Gasteiger partial charge in [-0.3, -0.25) is 9.36 Å². The van der Waals surface area contributed by atoms with Crippen molar-refractivity contribution in [2.24, 2.45) is 5.92 Å². The Kier molecular flexibility index (Phi) is 19.5. The van der Waals surface area contributed by atoms with Crippen molar-refractivity contribution in [2.75, 3.05) is 26.5 Å². The number of rotatable bonds is 19. The predicted molar refractivity (Wildman–Crippen MR) is 181 cm³/mol. The average molecular weight is 727 g/mol. The van der Waals surface area contributed by atoms with Gasteiger partial charge in [-0.25, -0.2) is 0 Å². The molecule has 0 saturated heterocycles. The average Bonchev–Trinajstić information content (AvgIpc) is 2.88.